The summed E-state index contributed by atoms with van der Waals surface area (Å²) in [6.45, 7) is 1.58. The van der Waals surface area contributed by atoms with E-state index in [0.717, 1.165) is 22.2 Å². The van der Waals surface area contributed by atoms with Crippen molar-refractivity contribution in [3.8, 4) is 0 Å². The summed E-state index contributed by atoms with van der Waals surface area (Å²) in [5.74, 6) is -0.598. The van der Waals surface area contributed by atoms with Gasteiger partial charge in [-0.05, 0) is 24.1 Å². The second-order valence-electron chi connectivity index (χ2n) is 8.61. The molecule has 1 aliphatic heterocycles. The quantitative estimate of drug-likeness (QED) is 0.414. The summed E-state index contributed by atoms with van der Waals surface area (Å²) in [6.07, 6.45) is 2.13. The monoisotopic (exact) mass is 470 g/mol. The first-order valence-electron chi connectivity index (χ1n) is 11.5. The van der Waals surface area contributed by atoms with Gasteiger partial charge in [0.25, 0.3) is 0 Å². The highest BCUT2D eigenvalue weighted by Gasteiger charge is 2.38. The summed E-state index contributed by atoms with van der Waals surface area (Å²) in [5.41, 5.74) is 2.98. The number of nitrogens with one attached hydrogen (secondary N) is 1. The van der Waals surface area contributed by atoms with Crippen molar-refractivity contribution >= 4 is 22.8 Å². The van der Waals surface area contributed by atoms with Crippen LogP contribution in [0.4, 0.5) is 0 Å². The van der Waals surface area contributed by atoms with Gasteiger partial charge in [-0.25, -0.2) is 9.48 Å². The number of pyridine rings is 1. The number of methoxy groups -OCH3 is 1. The van der Waals surface area contributed by atoms with Crippen LogP contribution < -0.4 is 5.32 Å². The average molecular weight is 471 g/mol. The number of rotatable bonds is 7. The maximum absolute atomic E-state index is 13.3. The lowest BCUT2D eigenvalue weighted by atomic mass is 10.1. The van der Waals surface area contributed by atoms with Crippen LogP contribution in [-0.4, -0.2) is 56.5 Å². The minimum absolute atomic E-state index is 0.0632. The van der Waals surface area contributed by atoms with E-state index in [4.69, 9.17) is 4.74 Å². The molecule has 3 heterocycles. The van der Waals surface area contributed by atoms with E-state index in [1.54, 1.807) is 10.9 Å². The third-order valence-corrected chi connectivity index (χ3v) is 6.29. The van der Waals surface area contributed by atoms with Crippen molar-refractivity contribution < 1.29 is 14.3 Å². The smallest absolute Gasteiger partial charge is 0.360 e. The second-order valence-corrected chi connectivity index (χ2v) is 8.61. The Kier molecular flexibility index (Phi) is 6.49. The first kappa shape index (κ1) is 22.7. The van der Waals surface area contributed by atoms with Crippen LogP contribution in [-0.2, 0) is 22.6 Å². The van der Waals surface area contributed by atoms with E-state index >= 15 is 0 Å². The molecule has 0 unspecified atom stereocenters. The lowest BCUT2D eigenvalue weighted by Crippen LogP contribution is -2.42. The minimum Gasteiger partial charge on any atom is -0.464 e. The van der Waals surface area contributed by atoms with Crippen LogP contribution in [0.25, 0.3) is 10.9 Å². The van der Waals surface area contributed by atoms with Crippen LogP contribution in [0.3, 0.4) is 0 Å². The average Bonchev–Trinajstić information content (AvgIpc) is 3.55. The number of ether oxygens (including phenoxy) is 1. The van der Waals surface area contributed by atoms with Crippen LogP contribution >= 0.6 is 0 Å². The molecule has 0 bridgehead atoms. The van der Waals surface area contributed by atoms with Crippen molar-refractivity contribution in [1.29, 1.82) is 0 Å². The van der Waals surface area contributed by atoms with Gasteiger partial charge >= 0.3 is 5.97 Å². The van der Waals surface area contributed by atoms with Crippen molar-refractivity contribution in [2.24, 2.45) is 0 Å². The van der Waals surface area contributed by atoms with Gasteiger partial charge < -0.3 is 10.1 Å². The number of esters is 1. The van der Waals surface area contributed by atoms with Gasteiger partial charge in [-0.1, -0.05) is 59.8 Å². The highest BCUT2D eigenvalue weighted by molar-refractivity contribution is 5.86. The summed E-state index contributed by atoms with van der Waals surface area (Å²) < 4.78 is 6.39. The van der Waals surface area contributed by atoms with Gasteiger partial charge in [0.1, 0.15) is 0 Å². The van der Waals surface area contributed by atoms with Crippen molar-refractivity contribution in [2.75, 3.05) is 13.7 Å². The maximum atomic E-state index is 13.3. The number of amides is 1. The molecule has 0 saturated carbocycles. The molecule has 2 atom stereocenters. The van der Waals surface area contributed by atoms with Crippen molar-refractivity contribution in [1.82, 2.24) is 30.2 Å². The van der Waals surface area contributed by atoms with Crippen molar-refractivity contribution in [3.05, 3.63) is 89.9 Å². The third kappa shape index (κ3) is 5.04. The number of hydrogen-bond donors (Lipinski definition) is 1. The molecular formula is C26H26N6O3. The number of fused-ring (bicyclic) bond motifs is 1. The lowest BCUT2D eigenvalue weighted by Gasteiger charge is -2.23. The fourth-order valence-corrected chi connectivity index (χ4v) is 4.49. The summed E-state index contributed by atoms with van der Waals surface area (Å²) in [5, 5.41) is 12.2. The van der Waals surface area contributed by atoms with E-state index < -0.39 is 5.97 Å². The Morgan fingerprint density at radius 2 is 1.86 bits per heavy atom. The zero-order valence-electron chi connectivity index (χ0n) is 19.4. The van der Waals surface area contributed by atoms with E-state index in [-0.39, 0.29) is 23.7 Å². The normalized spacial score (nSPS) is 18.0. The van der Waals surface area contributed by atoms with Crippen LogP contribution in [0.1, 0.15) is 34.2 Å². The second kappa shape index (κ2) is 10.0. The van der Waals surface area contributed by atoms with E-state index in [1.165, 1.54) is 7.11 Å². The SMILES string of the molecule is COC(=O)c1cn([C@H]2C[C@@H](C(=O)NCc3ccc4ccccc4n3)N(Cc3ccccc3)C2)nn1. The molecule has 1 N–H and O–H groups in total. The summed E-state index contributed by atoms with van der Waals surface area (Å²) >= 11 is 0. The van der Waals surface area contributed by atoms with E-state index in [9.17, 15) is 9.59 Å². The molecule has 2 aromatic carbocycles. The molecule has 5 rings (SSSR count). The van der Waals surface area contributed by atoms with Crippen LogP contribution in [0.5, 0.6) is 0 Å². The molecule has 0 radical (unpaired) electrons. The number of carbonyl (C=O) groups excluding carboxylic acids is 2. The highest BCUT2D eigenvalue weighted by atomic mass is 16.5. The van der Waals surface area contributed by atoms with Gasteiger partial charge in [-0.3, -0.25) is 14.7 Å². The van der Waals surface area contributed by atoms with Gasteiger partial charge in [0, 0.05) is 18.5 Å². The van der Waals surface area contributed by atoms with Gasteiger partial charge in [-0.15, -0.1) is 5.10 Å². The van der Waals surface area contributed by atoms with Crippen LogP contribution in [0.15, 0.2) is 72.9 Å². The van der Waals surface area contributed by atoms with Gasteiger partial charge in [0.15, 0.2) is 5.69 Å². The Hall–Kier alpha value is -4.11. The topological polar surface area (TPSA) is 102 Å². The fraction of sp³-hybridized carbons (Fsp3) is 0.269. The summed E-state index contributed by atoms with van der Waals surface area (Å²) in [4.78, 5) is 31.9. The number of para-hydroxylation sites is 1. The number of benzene rings is 2. The molecule has 9 heteroatoms. The number of likely N-dealkylation sites (tertiary alicyclic amines) is 1. The zero-order chi connectivity index (χ0) is 24.2. The Morgan fingerprint density at radius 3 is 2.69 bits per heavy atom. The Balaban J connectivity index is 1.31. The maximum Gasteiger partial charge on any atom is 0.360 e. The van der Waals surface area contributed by atoms with E-state index in [1.807, 2.05) is 66.7 Å². The lowest BCUT2D eigenvalue weighted by molar-refractivity contribution is -0.125. The summed E-state index contributed by atoms with van der Waals surface area (Å²) in [7, 11) is 1.31. The third-order valence-electron chi connectivity index (χ3n) is 6.29. The molecule has 1 amide bonds. The molecular weight excluding hydrogens is 444 g/mol. The number of carbonyl (C=O) groups is 2. The van der Waals surface area contributed by atoms with Crippen LogP contribution in [0, 0.1) is 0 Å². The molecule has 9 nitrogen and oxygen atoms in total. The predicted molar refractivity (Wildman–Crippen MR) is 129 cm³/mol. The van der Waals surface area contributed by atoms with Crippen molar-refractivity contribution in [3.63, 3.8) is 0 Å². The molecule has 1 saturated heterocycles. The number of nitrogens with zero attached hydrogens (tertiary/aromatic N) is 5. The van der Waals surface area contributed by atoms with Crippen LogP contribution in [0.2, 0.25) is 0 Å². The standard InChI is InChI=1S/C26H26N6O3/c1-35-26(34)23-17-32(30-29-23)21-13-24(31(16-21)15-18-7-3-2-4-8-18)25(33)27-14-20-12-11-19-9-5-6-10-22(19)28-20/h2-12,17,21,24H,13-16H2,1H3,(H,27,33)/t21-,24-/m0/s1. The number of hydrogen-bond acceptors (Lipinski definition) is 7. The molecule has 1 aliphatic rings. The fourth-order valence-electron chi connectivity index (χ4n) is 4.49. The molecule has 35 heavy (non-hydrogen) atoms. The van der Waals surface area contributed by atoms with Gasteiger partial charge in [0.2, 0.25) is 5.91 Å². The zero-order valence-corrected chi connectivity index (χ0v) is 19.4. The molecule has 0 aliphatic carbocycles. The highest BCUT2D eigenvalue weighted by Crippen LogP contribution is 2.29. The summed E-state index contributed by atoms with van der Waals surface area (Å²) in [6, 6.07) is 21.5. The Morgan fingerprint density at radius 1 is 1.06 bits per heavy atom. The minimum atomic E-state index is -0.535. The predicted octanol–water partition coefficient (Wildman–Crippen LogP) is 2.74. The molecule has 0 spiro atoms. The van der Waals surface area contributed by atoms with E-state index in [2.05, 4.69) is 25.5 Å². The largest absolute Gasteiger partial charge is 0.464 e. The first-order valence-corrected chi connectivity index (χ1v) is 11.5. The number of aromatic nitrogens is 4. The molecule has 1 fully saturated rings. The van der Waals surface area contributed by atoms with Gasteiger partial charge in [-0.2, -0.15) is 0 Å². The Bertz CT molecular complexity index is 1340. The van der Waals surface area contributed by atoms with Gasteiger partial charge in [0.05, 0.1) is 43.1 Å². The Labute approximate surface area is 202 Å². The van der Waals surface area contributed by atoms with E-state index in [0.29, 0.717) is 26.1 Å². The molecule has 2 aromatic heterocycles. The molecule has 4 aromatic rings. The first-order chi connectivity index (χ1) is 17.1. The van der Waals surface area contributed by atoms with Crippen molar-refractivity contribution in [2.45, 2.75) is 31.6 Å². The molecule has 178 valence electrons.